The Labute approximate surface area is 115 Å². The van der Waals surface area contributed by atoms with Crippen LogP contribution in [-0.2, 0) is 6.54 Å². The van der Waals surface area contributed by atoms with E-state index in [1.165, 1.54) is 19.3 Å². The van der Waals surface area contributed by atoms with Crippen molar-refractivity contribution in [2.24, 2.45) is 11.7 Å². The highest BCUT2D eigenvalue weighted by Crippen LogP contribution is 2.30. The maximum Gasteiger partial charge on any atom is 0.138 e. The zero-order valence-corrected chi connectivity index (χ0v) is 12.0. The highest BCUT2D eigenvalue weighted by molar-refractivity contribution is 5.27. The molecule has 1 heterocycles. The Morgan fingerprint density at radius 3 is 2.89 bits per heavy atom. The van der Waals surface area contributed by atoms with Gasteiger partial charge in [0.2, 0.25) is 0 Å². The van der Waals surface area contributed by atoms with E-state index in [4.69, 9.17) is 5.73 Å². The lowest BCUT2D eigenvalue weighted by atomic mass is 10.0. The minimum atomic E-state index is 0.298. The van der Waals surface area contributed by atoms with Crippen LogP contribution in [0, 0.1) is 12.8 Å². The van der Waals surface area contributed by atoms with Crippen molar-refractivity contribution >= 4 is 0 Å². The summed E-state index contributed by atoms with van der Waals surface area (Å²) in [6, 6.07) is 4.12. The Morgan fingerprint density at radius 1 is 1.42 bits per heavy atom. The third kappa shape index (κ3) is 3.25. The fourth-order valence-corrected chi connectivity index (χ4v) is 3.15. The van der Waals surface area contributed by atoms with Crippen molar-refractivity contribution in [3.8, 4) is 5.75 Å². The van der Waals surface area contributed by atoms with Crippen molar-refractivity contribution in [3.05, 3.63) is 23.5 Å². The molecule has 0 bridgehead atoms. The predicted octanol–water partition coefficient (Wildman–Crippen LogP) is 2.04. The molecular formula is C15H25N3O. The van der Waals surface area contributed by atoms with Crippen LogP contribution in [0.15, 0.2) is 12.1 Å². The number of aryl methyl sites for hydroxylation is 1. The lowest BCUT2D eigenvalue weighted by Gasteiger charge is -2.31. The predicted molar refractivity (Wildman–Crippen MR) is 76.9 cm³/mol. The zero-order valence-electron chi connectivity index (χ0n) is 12.0. The average Bonchev–Trinajstić information content (AvgIpc) is 2.88. The Morgan fingerprint density at radius 2 is 2.21 bits per heavy atom. The summed E-state index contributed by atoms with van der Waals surface area (Å²) in [5.74, 6) is 0.887. The van der Waals surface area contributed by atoms with Crippen LogP contribution >= 0.6 is 0 Å². The third-order valence-electron chi connectivity index (χ3n) is 4.24. The molecule has 3 N–H and O–H groups in total. The molecule has 0 amide bonds. The number of rotatable bonds is 5. The van der Waals surface area contributed by atoms with Crippen molar-refractivity contribution in [1.82, 2.24) is 9.88 Å². The van der Waals surface area contributed by atoms with Crippen LogP contribution in [0.3, 0.4) is 0 Å². The minimum Gasteiger partial charge on any atom is -0.506 e. The molecule has 1 fully saturated rings. The van der Waals surface area contributed by atoms with Gasteiger partial charge >= 0.3 is 0 Å². The van der Waals surface area contributed by atoms with E-state index in [1.54, 1.807) is 6.07 Å². The smallest absolute Gasteiger partial charge is 0.138 e. The highest BCUT2D eigenvalue weighted by atomic mass is 16.3. The van der Waals surface area contributed by atoms with Crippen molar-refractivity contribution in [1.29, 1.82) is 0 Å². The highest BCUT2D eigenvalue weighted by Gasteiger charge is 2.30. The van der Waals surface area contributed by atoms with Crippen LogP contribution < -0.4 is 5.73 Å². The van der Waals surface area contributed by atoms with E-state index >= 15 is 0 Å². The van der Waals surface area contributed by atoms with Gasteiger partial charge in [0.05, 0.1) is 5.69 Å². The summed E-state index contributed by atoms with van der Waals surface area (Å²) < 4.78 is 0. The van der Waals surface area contributed by atoms with E-state index in [0.717, 1.165) is 24.5 Å². The summed E-state index contributed by atoms with van der Waals surface area (Å²) in [5.41, 5.74) is 7.60. The third-order valence-corrected chi connectivity index (χ3v) is 4.24. The number of aromatic hydroxyl groups is 1. The molecule has 2 rings (SSSR count). The largest absolute Gasteiger partial charge is 0.506 e. The number of hydrogen-bond acceptors (Lipinski definition) is 4. The monoisotopic (exact) mass is 263 g/mol. The van der Waals surface area contributed by atoms with Crippen molar-refractivity contribution in [3.63, 3.8) is 0 Å². The Balaban J connectivity index is 2.12. The maximum absolute atomic E-state index is 9.93. The molecule has 4 heteroatoms. The van der Waals surface area contributed by atoms with Crippen LogP contribution in [0.25, 0.3) is 0 Å². The standard InChI is InChI=1S/C15H25N3O/c1-3-18(14-6-4-5-12(14)9-16)10-13-15(19)8-7-11(2)17-13/h7-8,12,14,19H,3-6,9-10,16H2,1-2H3. The van der Waals surface area contributed by atoms with Crippen molar-refractivity contribution < 1.29 is 5.11 Å². The fraction of sp³-hybridized carbons (Fsp3) is 0.667. The molecule has 0 spiro atoms. The number of nitrogens with two attached hydrogens (primary N) is 1. The number of nitrogens with zero attached hydrogens (tertiary/aromatic N) is 2. The molecule has 4 nitrogen and oxygen atoms in total. The molecule has 1 aliphatic rings. The topological polar surface area (TPSA) is 62.4 Å². The first kappa shape index (κ1) is 14.3. The molecular weight excluding hydrogens is 238 g/mol. The zero-order chi connectivity index (χ0) is 13.8. The van der Waals surface area contributed by atoms with Gasteiger partial charge in [-0.15, -0.1) is 0 Å². The van der Waals surface area contributed by atoms with Gasteiger partial charge in [-0.2, -0.15) is 0 Å². The second kappa shape index (κ2) is 6.35. The normalized spacial score (nSPS) is 23.2. The molecule has 1 aromatic rings. The first-order valence-corrected chi connectivity index (χ1v) is 7.25. The van der Waals surface area contributed by atoms with Crippen molar-refractivity contribution in [2.75, 3.05) is 13.1 Å². The van der Waals surface area contributed by atoms with E-state index < -0.39 is 0 Å². The van der Waals surface area contributed by atoms with Gasteiger partial charge in [0.25, 0.3) is 0 Å². The Hall–Kier alpha value is -1.13. The number of aromatic nitrogens is 1. The van der Waals surface area contributed by atoms with Gasteiger partial charge in [-0.1, -0.05) is 13.3 Å². The lowest BCUT2D eigenvalue weighted by molar-refractivity contribution is 0.158. The van der Waals surface area contributed by atoms with Gasteiger partial charge in [0.15, 0.2) is 0 Å². The SMILES string of the molecule is CCN(Cc1nc(C)ccc1O)C1CCCC1CN. The summed E-state index contributed by atoms with van der Waals surface area (Å²) in [4.78, 5) is 6.87. The molecule has 106 valence electrons. The van der Waals surface area contributed by atoms with Gasteiger partial charge in [-0.05, 0) is 50.9 Å². The number of hydrogen-bond donors (Lipinski definition) is 2. The molecule has 0 aromatic carbocycles. The van der Waals surface area contributed by atoms with Gasteiger partial charge < -0.3 is 10.8 Å². The molecule has 1 saturated carbocycles. The summed E-state index contributed by atoms with van der Waals surface area (Å²) in [5, 5.41) is 9.93. The van der Waals surface area contributed by atoms with Gasteiger partial charge in [0.1, 0.15) is 5.75 Å². The van der Waals surface area contributed by atoms with Crippen LogP contribution in [0.5, 0.6) is 5.75 Å². The second-order valence-corrected chi connectivity index (χ2v) is 5.48. The first-order valence-electron chi connectivity index (χ1n) is 7.25. The molecule has 2 atom stereocenters. The van der Waals surface area contributed by atoms with Gasteiger partial charge in [-0.25, -0.2) is 0 Å². The van der Waals surface area contributed by atoms with Gasteiger partial charge in [0, 0.05) is 18.3 Å². The lowest BCUT2D eigenvalue weighted by Crippen LogP contribution is -2.40. The van der Waals surface area contributed by atoms with E-state index in [-0.39, 0.29) is 0 Å². The fourth-order valence-electron chi connectivity index (χ4n) is 3.15. The maximum atomic E-state index is 9.93. The summed E-state index contributed by atoms with van der Waals surface area (Å²) in [6.45, 7) is 6.56. The molecule has 2 unspecified atom stereocenters. The summed E-state index contributed by atoms with van der Waals surface area (Å²) in [6.07, 6.45) is 3.70. The van der Waals surface area contributed by atoms with Crippen molar-refractivity contribution in [2.45, 2.75) is 45.7 Å². The van der Waals surface area contributed by atoms with E-state index in [2.05, 4.69) is 16.8 Å². The molecule has 1 aromatic heterocycles. The Bertz CT molecular complexity index is 422. The summed E-state index contributed by atoms with van der Waals surface area (Å²) in [7, 11) is 0. The molecule has 1 aliphatic carbocycles. The molecule has 19 heavy (non-hydrogen) atoms. The quantitative estimate of drug-likeness (QED) is 0.853. The Kier molecular flexibility index (Phi) is 4.77. The van der Waals surface area contributed by atoms with Crippen LogP contribution in [0.1, 0.15) is 37.6 Å². The van der Waals surface area contributed by atoms with Crippen LogP contribution in [0.4, 0.5) is 0 Å². The molecule has 0 aliphatic heterocycles. The van der Waals surface area contributed by atoms with Crippen LogP contribution in [-0.4, -0.2) is 34.1 Å². The summed E-state index contributed by atoms with van der Waals surface area (Å²) >= 11 is 0. The average molecular weight is 263 g/mol. The van der Waals surface area contributed by atoms with Gasteiger partial charge in [-0.3, -0.25) is 9.88 Å². The minimum absolute atomic E-state index is 0.298. The second-order valence-electron chi connectivity index (χ2n) is 5.48. The van der Waals surface area contributed by atoms with E-state index in [1.807, 2.05) is 13.0 Å². The van der Waals surface area contributed by atoms with E-state index in [9.17, 15) is 5.11 Å². The first-order chi connectivity index (χ1) is 9.15. The number of pyridine rings is 1. The van der Waals surface area contributed by atoms with E-state index in [0.29, 0.717) is 24.3 Å². The van der Waals surface area contributed by atoms with Crippen LogP contribution in [0.2, 0.25) is 0 Å². The molecule has 0 saturated heterocycles. The molecule has 0 radical (unpaired) electrons.